The zero-order valence-electron chi connectivity index (χ0n) is 8.03. The van der Waals surface area contributed by atoms with Crippen molar-refractivity contribution in [3.63, 3.8) is 0 Å². The molecule has 0 saturated heterocycles. The highest BCUT2D eigenvalue weighted by molar-refractivity contribution is 5.99. The van der Waals surface area contributed by atoms with E-state index in [1.54, 1.807) is 19.1 Å². The highest BCUT2D eigenvalue weighted by Crippen LogP contribution is 2.20. The van der Waals surface area contributed by atoms with Gasteiger partial charge in [0.1, 0.15) is 17.3 Å². The second-order valence-electron chi connectivity index (χ2n) is 3.19. The number of hydrogen-bond donors (Lipinski definition) is 0. The van der Waals surface area contributed by atoms with Crippen LogP contribution in [-0.4, -0.2) is 5.97 Å². The molecule has 1 aliphatic rings. The van der Waals surface area contributed by atoms with Gasteiger partial charge < -0.3 is 9.15 Å². The van der Waals surface area contributed by atoms with E-state index >= 15 is 0 Å². The lowest BCUT2D eigenvalue weighted by Crippen LogP contribution is -1.95. The summed E-state index contributed by atoms with van der Waals surface area (Å²) in [4.78, 5) is 11.2. The maximum Gasteiger partial charge on any atom is 0.343 e. The van der Waals surface area contributed by atoms with Crippen molar-refractivity contribution in [2.45, 2.75) is 13.8 Å². The van der Waals surface area contributed by atoms with Crippen LogP contribution in [0.15, 0.2) is 34.0 Å². The Labute approximate surface area is 81.7 Å². The average Bonchev–Trinajstić information content (AvgIpc) is 2.61. The van der Waals surface area contributed by atoms with Gasteiger partial charge in [0, 0.05) is 0 Å². The van der Waals surface area contributed by atoms with E-state index in [1.165, 1.54) is 0 Å². The molecule has 0 N–H and O–H groups in total. The van der Waals surface area contributed by atoms with E-state index in [1.807, 2.05) is 19.1 Å². The molecule has 2 heterocycles. The Morgan fingerprint density at radius 1 is 1.29 bits per heavy atom. The molecule has 0 radical (unpaired) electrons. The molecule has 1 aromatic heterocycles. The van der Waals surface area contributed by atoms with Crippen molar-refractivity contribution in [1.82, 2.24) is 0 Å². The zero-order chi connectivity index (χ0) is 10.1. The zero-order valence-corrected chi connectivity index (χ0v) is 8.03. The molecular formula is C11H10O3. The van der Waals surface area contributed by atoms with Gasteiger partial charge in [-0.15, -0.1) is 0 Å². The van der Waals surface area contributed by atoms with E-state index < -0.39 is 0 Å². The summed E-state index contributed by atoms with van der Waals surface area (Å²) in [6, 6.07) is 3.67. The first kappa shape index (κ1) is 8.81. The third-order valence-electron chi connectivity index (χ3n) is 1.91. The fraction of sp³-hybridized carbons (Fsp3) is 0.182. The van der Waals surface area contributed by atoms with Gasteiger partial charge in [-0.05, 0) is 38.1 Å². The van der Waals surface area contributed by atoms with E-state index in [4.69, 9.17) is 9.15 Å². The smallest absolute Gasteiger partial charge is 0.343 e. The lowest BCUT2D eigenvalue weighted by atomic mass is 10.2. The summed E-state index contributed by atoms with van der Waals surface area (Å²) in [6.07, 6.45) is 3.37. The van der Waals surface area contributed by atoms with E-state index in [0.717, 1.165) is 5.76 Å². The van der Waals surface area contributed by atoms with Crippen LogP contribution in [-0.2, 0) is 9.53 Å². The molecule has 2 rings (SSSR count). The first-order valence-electron chi connectivity index (χ1n) is 4.34. The molecular weight excluding hydrogens is 180 g/mol. The fourth-order valence-electron chi connectivity index (χ4n) is 1.30. The van der Waals surface area contributed by atoms with Gasteiger partial charge in [-0.3, -0.25) is 0 Å². The van der Waals surface area contributed by atoms with Gasteiger partial charge in [-0.2, -0.15) is 0 Å². The molecule has 3 nitrogen and oxygen atoms in total. The summed E-state index contributed by atoms with van der Waals surface area (Å²) in [5.74, 6) is 1.78. The van der Waals surface area contributed by atoms with Crippen LogP contribution in [0.1, 0.15) is 18.4 Å². The molecule has 0 aromatic carbocycles. The maximum atomic E-state index is 11.2. The van der Waals surface area contributed by atoms with Crippen molar-refractivity contribution in [2.75, 3.05) is 0 Å². The van der Waals surface area contributed by atoms with Crippen molar-refractivity contribution < 1.29 is 13.9 Å². The molecule has 0 atom stereocenters. The predicted octanol–water partition coefficient (Wildman–Crippen LogP) is 2.43. The van der Waals surface area contributed by atoms with Crippen LogP contribution in [0.2, 0.25) is 0 Å². The third-order valence-corrected chi connectivity index (χ3v) is 1.91. The number of aryl methyl sites for hydroxylation is 1. The number of carbonyl (C=O) groups excluding carboxylic acids is 1. The van der Waals surface area contributed by atoms with E-state index in [-0.39, 0.29) is 5.97 Å². The summed E-state index contributed by atoms with van der Waals surface area (Å²) in [5.41, 5.74) is 0.525. The molecule has 0 saturated carbocycles. The maximum absolute atomic E-state index is 11.2. The number of ether oxygens (including phenoxy) is 1. The number of esters is 1. The first-order chi connectivity index (χ1) is 6.65. The van der Waals surface area contributed by atoms with Crippen LogP contribution in [0.25, 0.3) is 6.08 Å². The predicted molar refractivity (Wildman–Crippen MR) is 51.3 cm³/mol. The first-order valence-corrected chi connectivity index (χ1v) is 4.34. The molecule has 0 amide bonds. The summed E-state index contributed by atoms with van der Waals surface area (Å²) in [5, 5.41) is 0. The van der Waals surface area contributed by atoms with Gasteiger partial charge >= 0.3 is 5.97 Å². The van der Waals surface area contributed by atoms with Crippen LogP contribution in [0.5, 0.6) is 0 Å². The van der Waals surface area contributed by atoms with Gasteiger partial charge in [0.15, 0.2) is 0 Å². The number of hydrogen-bond acceptors (Lipinski definition) is 3. The molecule has 1 aromatic rings. The normalized spacial score (nSPS) is 18.6. The highest BCUT2D eigenvalue weighted by Gasteiger charge is 2.17. The van der Waals surface area contributed by atoms with Gasteiger partial charge in [-0.1, -0.05) is 0 Å². The molecule has 3 heteroatoms. The summed E-state index contributed by atoms with van der Waals surface area (Å²) < 4.78 is 10.2. The van der Waals surface area contributed by atoms with Crippen molar-refractivity contribution in [2.24, 2.45) is 0 Å². The van der Waals surface area contributed by atoms with E-state index in [2.05, 4.69) is 0 Å². The van der Waals surface area contributed by atoms with Gasteiger partial charge in [0.05, 0.1) is 5.57 Å². The monoisotopic (exact) mass is 190 g/mol. The molecule has 0 unspecified atom stereocenters. The van der Waals surface area contributed by atoms with Crippen molar-refractivity contribution in [1.29, 1.82) is 0 Å². The third kappa shape index (κ3) is 1.62. The second kappa shape index (κ2) is 3.18. The lowest BCUT2D eigenvalue weighted by molar-refractivity contribution is -0.133. The Bertz CT molecular complexity index is 435. The van der Waals surface area contributed by atoms with E-state index in [9.17, 15) is 4.79 Å². The van der Waals surface area contributed by atoms with Crippen LogP contribution in [0, 0.1) is 6.92 Å². The van der Waals surface area contributed by atoms with Crippen molar-refractivity contribution >= 4 is 12.0 Å². The van der Waals surface area contributed by atoms with Crippen LogP contribution in [0.3, 0.4) is 0 Å². The standard InChI is InChI=1S/C11H10O3/c1-7-3-4-10(13-7)6-9-5-8(2)14-11(9)12/h3-6H,1-2H3/b9-6+. The molecule has 72 valence electrons. The summed E-state index contributed by atoms with van der Waals surface area (Å²) >= 11 is 0. The minimum absolute atomic E-state index is 0.323. The topological polar surface area (TPSA) is 39.4 Å². The molecule has 0 bridgehead atoms. The van der Waals surface area contributed by atoms with Crippen molar-refractivity contribution in [3.8, 4) is 0 Å². The molecule has 1 aliphatic heterocycles. The van der Waals surface area contributed by atoms with E-state index in [0.29, 0.717) is 17.1 Å². The number of allylic oxidation sites excluding steroid dienone is 1. The number of cyclic esters (lactones) is 1. The summed E-state index contributed by atoms with van der Waals surface area (Å²) in [6.45, 7) is 3.60. The minimum atomic E-state index is -0.323. The quantitative estimate of drug-likeness (QED) is 0.504. The number of rotatable bonds is 1. The number of furan rings is 1. The molecule has 0 fully saturated rings. The van der Waals surface area contributed by atoms with Crippen LogP contribution < -0.4 is 0 Å². The highest BCUT2D eigenvalue weighted by atomic mass is 16.5. The largest absolute Gasteiger partial charge is 0.462 e. The molecule has 0 spiro atoms. The Kier molecular flexibility index (Phi) is 2.00. The van der Waals surface area contributed by atoms with Crippen molar-refractivity contribution in [3.05, 3.63) is 41.1 Å². The Morgan fingerprint density at radius 2 is 2.07 bits per heavy atom. The van der Waals surface area contributed by atoms with Gasteiger partial charge in [0.2, 0.25) is 0 Å². The van der Waals surface area contributed by atoms with Gasteiger partial charge in [0.25, 0.3) is 0 Å². The Morgan fingerprint density at radius 3 is 2.57 bits per heavy atom. The SMILES string of the molecule is CC1=C/C(=C\c2ccc(C)o2)C(=O)O1. The Balaban J connectivity index is 2.31. The molecule has 14 heavy (non-hydrogen) atoms. The second-order valence-corrected chi connectivity index (χ2v) is 3.19. The van der Waals surface area contributed by atoms with Gasteiger partial charge in [-0.25, -0.2) is 4.79 Å². The lowest BCUT2D eigenvalue weighted by Gasteiger charge is -1.91. The van der Waals surface area contributed by atoms with Crippen LogP contribution in [0.4, 0.5) is 0 Å². The fourth-order valence-corrected chi connectivity index (χ4v) is 1.30. The minimum Gasteiger partial charge on any atom is -0.462 e. The van der Waals surface area contributed by atoms with Crippen LogP contribution >= 0.6 is 0 Å². The Hall–Kier alpha value is -1.77. The molecule has 0 aliphatic carbocycles. The summed E-state index contributed by atoms with van der Waals surface area (Å²) in [7, 11) is 0. The average molecular weight is 190 g/mol. The number of carbonyl (C=O) groups is 1.